The van der Waals surface area contributed by atoms with Gasteiger partial charge in [0.05, 0.1) is 10.8 Å². The molecular weight excluding hydrogens is 320 g/mol. The van der Waals surface area contributed by atoms with E-state index in [2.05, 4.69) is 0 Å². The van der Waals surface area contributed by atoms with Crippen LogP contribution in [-0.2, 0) is 16.0 Å². The van der Waals surface area contributed by atoms with Gasteiger partial charge in [-0.25, -0.2) is 0 Å². The second kappa shape index (κ2) is 7.01. The molecule has 2 rings (SSSR count). The highest BCUT2D eigenvalue weighted by Gasteiger charge is 2.32. The molecule has 0 saturated carbocycles. The van der Waals surface area contributed by atoms with Crippen molar-refractivity contribution in [1.82, 2.24) is 4.90 Å². The highest BCUT2D eigenvalue weighted by Crippen LogP contribution is 2.31. The molecule has 0 aromatic carbocycles. The van der Waals surface area contributed by atoms with Gasteiger partial charge in [0.1, 0.15) is 0 Å². The lowest BCUT2D eigenvalue weighted by molar-refractivity contribution is -0.132. The molecule has 1 aromatic rings. The van der Waals surface area contributed by atoms with Crippen molar-refractivity contribution in [3.05, 3.63) is 21.3 Å². The number of nitrogens with zero attached hydrogens (tertiary/aromatic N) is 1. The number of carbonyl (C=O) groups is 2. The molecule has 1 aromatic heterocycles. The molecule has 1 aliphatic rings. The van der Waals surface area contributed by atoms with E-state index in [1.165, 1.54) is 11.3 Å². The van der Waals surface area contributed by atoms with Crippen molar-refractivity contribution < 1.29 is 9.59 Å². The Kier molecular flexibility index (Phi) is 5.50. The summed E-state index contributed by atoms with van der Waals surface area (Å²) in [7, 11) is 0. The molecule has 6 heteroatoms. The predicted octanol–water partition coefficient (Wildman–Crippen LogP) is 3.08. The molecule has 0 bridgehead atoms. The first-order chi connectivity index (χ1) is 10.3. The zero-order valence-electron chi connectivity index (χ0n) is 13.1. The molecule has 1 atom stereocenters. The first-order valence-electron chi connectivity index (χ1n) is 7.60. The molecular formula is C16H23ClN2O2S. The van der Waals surface area contributed by atoms with Gasteiger partial charge in [-0.05, 0) is 37.3 Å². The Bertz CT molecular complexity index is 556. The Labute approximate surface area is 140 Å². The molecule has 0 aliphatic carbocycles. The number of hydrogen-bond acceptors (Lipinski definition) is 3. The van der Waals surface area contributed by atoms with Crippen molar-refractivity contribution in [2.24, 2.45) is 17.1 Å². The van der Waals surface area contributed by atoms with E-state index in [-0.39, 0.29) is 11.8 Å². The fraction of sp³-hybridized carbons (Fsp3) is 0.625. The Morgan fingerprint density at radius 3 is 2.77 bits per heavy atom. The third-order valence-corrected chi connectivity index (χ3v) is 5.52. The first kappa shape index (κ1) is 17.3. The van der Waals surface area contributed by atoms with Crippen LogP contribution in [0, 0.1) is 11.3 Å². The number of nitrogens with two attached hydrogens (primary N) is 1. The molecule has 22 heavy (non-hydrogen) atoms. The number of amides is 2. The van der Waals surface area contributed by atoms with Crippen LogP contribution >= 0.6 is 22.9 Å². The maximum Gasteiger partial charge on any atom is 0.227 e. The van der Waals surface area contributed by atoms with Gasteiger partial charge in [-0.3, -0.25) is 9.59 Å². The zero-order valence-corrected chi connectivity index (χ0v) is 14.7. The average Bonchev–Trinajstić information content (AvgIpc) is 2.83. The minimum atomic E-state index is -0.516. The fourth-order valence-electron chi connectivity index (χ4n) is 2.99. The standard InChI is InChI=1S/C16H23ClN2O2S/c1-16(2,15(18)21)9-11-4-3-7-19(10-11)14(20)8-12-5-6-13(17)22-12/h5-6,11H,3-4,7-10H2,1-2H3,(H2,18,21). The van der Waals surface area contributed by atoms with Crippen molar-refractivity contribution in [1.29, 1.82) is 0 Å². The zero-order chi connectivity index (χ0) is 16.3. The summed E-state index contributed by atoms with van der Waals surface area (Å²) < 4.78 is 0.711. The molecule has 4 nitrogen and oxygen atoms in total. The summed E-state index contributed by atoms with van der Waals surface area (Å²) in [5.41, 5.74) is 4.94. The fourth-order valence-corrected chi connectivity index (χ4v) is 4.07. The average molecular weight is 343 g/mol. The van der Waals surface area contributed by atoms with Gasteiger partial charge in [-0.15, -0.1) is 11.3 Å². The van der Waals surface area contributed by atoms with E-state index in [9.17, 15) is 9.59 Å². The molecule has 1 fully saturated rings. The minimum absolute atomic E-state index is 0.139. The van der Waals surface area contributed by atoms with Crippen LogP contribution in [0.4, 0.5) is 0 Å². The summed E-state index contributed by atoms with van der Waals surface area (Å²) in [6.45, 7) is 5.27. The summed E-state index contributed by atoms with van der Waals surface area (Å²) in [6.07, 6.45) is 3.17. The van der Waals surface area contributed by atoms with Crippen molar-refractivity contribution in [2.75, 3.05) is 13.1 Å². The summed E-state index contributed by atoms with van der Waals surface area (Å²) in [5, 5.41) is 0. The first-order valence-corrected chi connectivity index (χ1v) is 8.79. The summed E-state index contributed by atoms with van der Waals surface area (Å²) in [5.74, 6) is 0.205. The van der Waals surface area contributed by atoms with Crippen LogP contribution < -0.4 is 5.73 Å². The molecule has 1 unspecified atom stereocenters. The lowest BCUT2D eigenvalue weighted by Gasteiger charge is -2.36. The second-order valence-corrected chi connectivity index (χ2v) is 8.48. The third-order valence-electron chi connectivity index (χ3n) is 4.29. The molecule has 2 N–H and O–H groups in total. The molecule has 0 spiro atoms. The molecule has 122 valence electrons. The number of primary amides is 1. The van der Waals surface area contributed by atoms with Crippen molar-refractivity contribution in [3.8, 4) is 0 Å². The van der Waals surface area contributed by atoms with Crippen LogP contribution in [0.15, 0.2) is 12.1 Å². The molecule has 1 aliphatic heterocycles. The number of likely N-dealkylation sites (tertiary alicyclic amines) is 1. The largest absolute Gasteiger partial charge is 0.369 e. The lowest BCUT2D eigenvalue weighted by Crippen LogP contribution is -2.43. The predicted molar refractivity (Wildman–Crippen MR) is 89.9 cm³/mol. The van der Waals surface area contributed by atoms with Crippen LogP contribution in [0.5, 0.6) is 0 Å². The Morgan fingerprint density at radius 1 is 1.45 bits per heavy atom. The topological polar surface area (TPSA) is 63.4 Å². The Hall–Kier alpha value is -1.07. The number of piperidine rings is 1. The maximum atomic E-state index is 12.4. The number of hydrogen-bond donors (Lipinski definition) is 1. The Balaban J connectivity index is 1.92. The van der Waals surface area contributed by atoms with E-state index < -0.39 is 5.41 Å². The van der Waals surface area contributed by atoms with E-state index in [1.807, 2.05) is 30.9 Å². The summed E-state index contributed by atoms with van der Waals surface area (Å²) >= 11 is 7.36. The quantitative estimate of drug-likeness (QED) is 0.893. The SMILES string of the molecule is CC(C)(CC1CCCN(C(=O)Cc2ccc(Cl)s2)C1)C(N)=O. The van der Waals surface area contributed by atoms with Gasteiger partial charge in [0, 0.05) is 23.4 Å². The van der Waals surface area contributed by atoms with E-state index >= 15 is 0 Å². The van der Waals surface area contributed by atoms with Crippen molar-refractivity contribution in [3.63, 3.8) is 0 Å². The van der Waals surface area contributed by atoms with Crippen LogP contribution in [0.3, 0.4) is 0 Å². The highest BCUT2D eigenvalue weighted by atomic mass is 35.5. The normalized spacial score (nSPS) is 19.2. The maximum absolute atomic E-state index is 12.4. The highest BCUT2D eigenvalue weighted by molar-refractivity contribution is 7.16. The van der Waals surface area contributed by atoms with Gasteiger partial charge >= 0.3 is 0 Å². The van der Waals surface area contributed by atoms with Crippen molar-refractivity contribution in [2.45, 2.75) is 39.5 Å². The van der Waals surface area contributed by atoms with Crippen molar-refractivity contribution >= 4 is 34.8 Å². The van der Waals surface area contributed by atoms with Crippen LogP contribution in [0.25, 0.3) is 0 Å². The number of thiophene rings is 1. The van der Waals surface area contributed by atoms with Gasteiger partial charge in [-0.2, -0.15) is 0 Å². The van der Waals surface area contributed by atoms with Gasteiger partial charge < -0.3 is 10.6 Å². The van der Waals surface area contributed by atoms with Gasteiger partial charge in [-0.1, -0.05) is 25.4 Å². The number of carbonyl (C=O) groups excluding carboxylic acids is 2. The van der Waals surface area contributed by atoms with E-state index in [0.29, 0.717) is 23.2 Å². The van der Waals surface area contributed by atoms with E-state index in [1.54, 1.807) is 0 Å². The molecule has 0 radical (unpaired) electrons. The number of halogens is 1. The monoisotopic (exact) mass is 342 g/mol. The molecule has 2 heterocycles. The molecule has 2 amide bonds. The van der Waals surface area contributed by atoms with Gasteiger partial charge in [0.15, 0.2) is 0 Å². The number of rotatable bonds is 5. The van der Waals surface area contributed by atoms with Gasteiger partial charge in [0.2, 0.25) is 11.8 Å². The summed E-state index contributed by atoms with van der Waals surface area (Å²) in [4.78, 5) is 26.8. The second-order valence-electron chi connectivity index (χ2n) is 6.68. The van der Waals surface area contributed by atoms with Crippen LogP contribution in [-0.4, -0.2) is 29.8 Å². The smallest absolute Gasteiger partial charge is 0.227 e. The third kappa shape index (κ3) is 4.46. The Morgan fingerprint density at radius 2 is 2.18 bits per heavy atom. The van der Waals surface area contributed by atoms with E-state index in [0.717, 1.165) is 30.7 Å². The van der Waals surface area contributed by atoms with Crippen LogP contribution in [0.1, 0.15) is 38.0 Å². The molecule has 1 saturated heterocycles. The summed E-state index contributed by atoms with van der Waals surface area (Å²) in [6, 6.07) is 3.73. The van der Waals surface area contributed by atoms with E-state index in [4.69, 9.17) is 17.3 Å². The minimum Gasteiger partial charge on any atom is -0.369 e. The van der Waals surface area contributed by atoms with Crippen LogP contribution in [0.2, 0.25) is 4.34 Å². The van der Waals surface area contributed by atoms with Gasteiger partial charge in [0.25, 0.3) is 0 Å². The lowest BCUT2D eigenvalue weighted by atomic mass is 9.79.